The number of hydrogen-bond acceptors (Lipinski definition) is 9. The summed E-state index contributed by atoms with van der Waals surface area (Å²) in [5.74, 6) is -10.4. The SMILES string of the molecule is CCCCc1cc(CN)c(O)c2c1C[C@@H]1C[C@@H]3[C@@H](N(C)C)C(=O)C(C(N)=O)C(=O)[C@]3(O)C(=O)C1C2=O. The minimum atomic E-state index is -2.72. The number of ketones is 4. The van der Waals surface area contributed by atoms with Gasteiger partial charge in [0.1, 0.15) is 5.75 Å². The van der Waals surface area contributed by atoms with Gasteiger partial charge in [-0.3, -0.25) is 28.9 Å². The van der Waals surface area contributed by atoms with Crippen molar-refractivity contribution >= 4 is 29.0 Å². The van der Waals surface area contributed by atoms with E-state index in [1.807, 2.05) is 6.92 Å². The lowest BCUT2D eigenvalue weighted by Crippen LogP contribution is -2.74. The molecule has 2 fully saturated rings. The van der Waals surface area contributed by atoms with E-state index in [4.69, 9.17) is 11.5 Å². The van der Waals surface area contributed by atoms with Crippen LogP contribution in [0, 0.1) is 23.7 Å². The van der Waals surface area contributed by atoms with Crippen LogP contribution in [0.25, 0.3) is 0 Å². The molecule has 3 aliphatic rings. The van der Waals surface area contributed by atoms with E-state index in [0.717, 1.165) is 18.4 Å². The maximum absolute atomic E-state index is 13.8. The van der Waals surface area contributed by atoms with E-state index < -0.39 is 64.4 Å². The third kappa shape index (κ3) is 3.54. The molecule has 0 saturated heterocycles. The van der Waals surface area contributed by atoms with E-state index in [2.05, 4.69) is 0 Å². The lowest BCUT2D eigenvalue weighted by molar-refractivity contribution is -0.181. The molecule has 0 bridgehead atoms. The maximum atomic E-state index is 13.8. The van der Waals surface area contributed by atoms with Crippen LogP contribution in [0.5, 0.6) is 5.75 Å². The number of unbranched alkanes of at least 4 members (excludes halogenated alkanes) is 1. The predicted octanol–water partition coefficient (Wildman–Crippen LogP) is -0.332. The van der Waals surface area contributed by atoms with Crippen LogP contribution in [-0.2, 0) is 38.6 Å². The molecule has 0 heterocycles. The fraction of sp³-hybridized carbons (Fsp3) is 0.577. The van der Waals surface area contributed by atoms with Crippen molar-refractivity contribution in [3.8, 4) is 5.75 Å². The van der Waals surface area contributed by atoms with E-state index in [1.165, 1.54) is 4.90 Å². The van der Waals surface area contributed by atoms with Crippen molar-refractivity contribution < 1.29 is 34.2 Å². The Morgan fingerprint density at radius 2 is 1.83 bits per heavy atom. The molecule has 1 aromatic rings. The topological polar surface area (TPSA) is 181 Å². The number of primary amides is 1. The summed E-state index contributed by atoms with van der Waals surface area (Å²) in [7, 11) is 3.12. The number of carbonyl (C=O) groups is 5. The summed E-state index contributed by atoms with van der Waals surface area (Å²) in [6.45, 7) is 2.03. The number of likely N-dealkylation sites (N-methyl/N-ethyl adjacent to an activating group) is 1. The third-order valence-electron chi connectivity index (χ3n) is 8.25. The second kappa shape index (κ2) is 9.17. The van der Waals surface area contributed by atoms with E-state index in [1.54, 1.807) is 20.2 Å². The third-order valence-corrected chi connectivity index (χ3v) is 8.25. The summed E-state index contributed by atoms with van der Waals surface area (Å²) in [5.41, 5.74) is 10.3. The van der Waals surface area contributed by atoms with Gasteiger partial charge < -0.3 is 21.7 Å². The van der Waals surface area contributed by atoms with Crippen LogP contribution in [-0.4, -0.2) is 69.9 Å². The van der Waals surface area contributed by atoms with Gasteiger partial charge in [0.05, 0.1) is 17.5 Å². The Kier molecular flexibility index (Phi) is 6.65. The second-order valence-corrected chi connectivity index (χ2v) is 10.5. The largest absolute Gasteiger partial charge is 0.507 e. The van der Waals surface area contributed by atoms with Crippen LogP contribution in [0.2, 0.25) is 0 Å². The standard InChI is InChI=1S/C26H33N3O7/c1-4-5-6-11-7-13(10-27)20(30)17-14(11)8-12-9-15-19(29(2)3)22(32)18(25(28)35)24(34)26(15,36)23(33)16(12)21(17)31/h7,12,15-16,18-19,30,36H,4-6,8-10,27H2,1-3H3,(H2,28,35)/t12-,15-,16?,18?,19-,26-/m1/s1. The molecule has 4 rings (SSSR count). The summed E-state index contributed by atoms with van der Waals surface area (Å²) < 4.78 is 0. The number of carbonyl (C=O) groups excluding carboxylic acids is 5. The Bertz CT molecular complexity index is 1180. The second-order valence-electron chi connectivity index (χ2n) is 10.5. The molecule has 0 spiro atoms. The van der Waals surface area contributed by atoms with Crippen LogP contribution in [0.4, 0.5) is 0 Å². The molecule has 6 N–H and O–H groups in total. The number of hydrogen-bond donors (Lipinski definition) is 4. The van der Waals surface area contributed by atoms with Gasteiger partial charge in [-0.25, -0.2) is 0 Å². The first-order valence-electron chi connectivity index (χ1n) is 12.3. The Hall–Kier alpha value is -2.95. The lowest BCUT2D eigenvalue weighted by Gasteiger charge is -2.52. The van der Waals surface area contributed by atoms with Gasteiger partial charge in [-0.1, -0.05) is 19.4 Å². The fourth-order valence-electron chi connectivity index (χ4n) is 6.56. The smallest absolute Gasteiger partial charge is 0.235 e. The minimum absolute atomic E-state index is 0.00895. The summed E-state index contributed by atoms with van der Waals surface area (Å²) in [5, 5.41) is 22.5. The number of rotatable bonds is 6. The number of aliphatic hydroxyl groups is 1. The summed E-state index contributed by atoms with van der Waals surface area (Å²) in [6, 6.07) is 0.686. The number of nitrogens with zero attached hydrogens (tertiary/aromatic N) is 1. The number of aryl methyl sites for hydroxylation is 1. The van der Waals surface area contributed by atoms with Gasteiger partial charge >= 0.3 is 0 Å². The van der Waals surface area contributed by atoms with Gasteiger partial charge in [0.15, 0.2) is 34.7 Å². The number of Topliss-reactive ketones (excluding diaryl/α,β-unsaturated/α-hetero) is 4. The van der Waals surface area contributed by atoms with Crippen molar-refractivity contribution in [1.29, 1.82) is 0 Å². The van der Waals surface area contributed by atoms with E-state index in [9.17, 15) is 34.2 Å². The van der Waals surface area contributed by atoms with Crippen LogP contribution < -0.4 is 11.5 Å². The first-order valence-corrected chi connectivity index (χ1v) is 12.3. The van der Waals surface area contributed by atoms with Crippen molar-refractivity contribution in [3.63, 3.8) is 0 Å². The van der Waals surface area contributed by atoms with Crippen LogP contribution in [0.3, 0.4) is 0 Å². The quantitative estimate of drug-likeness (QED) is 0.381. The molecule has 3 aliphatic carbocycles. The molecule has 6 atom stereocenters. The highest BCUT2D eigenvalue weighted by Crippen LogP contribution is 2.51. The highest BCUT2D eigenvalue weighted by molar-refractivity contribution is 6.32. The molecular weight excluding hydrogens is 466 g/mol. The molecule has 1 amide bonds. The van der Waals surface area contributed by atoms with Crippen LogP contribution in [0.1, 0.15) is 53.2 Å². The molecule has 1 aromatic carbocycles. The van der Waals surface area contributed by atoms with Gasteiger partial charge in [0.25, 0.3) is 0 Å². The number of amides is 1. The van der Waals surface area contributed by atoms with Crippen molar-refractivity contribution in [2.24, 2.45) is 35.1 Å². The van der Waals surface area contributed by atoms with Crippen molar-refractivity contribution in [2.75, 3.05) is 14.1 Å². The number of phenolic OH excluding ortho intramolecular Hbond substituents is 1. The lowest BCUT2D eigenvalue weighted by atomic mass is 9.52. The van der Waals surface area contributed by atoms with Crippen molar-refractivity contribution in [1.82, 2.24) is 4.90 Å². The zero-order chi connectivity index (χ0) is 26.7. The summed E-state index contributed by atoms with van der Waals surface area (Å²) in [6.07, 6.45) is 2.73. The van der Waals surface area contributed by atoms with Gasteiger partial charge in [0.2, 0.25) is 5.91 Å². The molecule has 2 saturated carbocycles. The Morgan fingerprint density at radius 3 is 2.39 bits per heavy atom. The van der Waals surface area contributed by atoms with E-state index in [0.29, 0.717) is 17.5 Å². The van der Waals surface area contributed by atoms with E-state index in [-0.39, 0.29) is 30.7 Å². The summed E-state index contributed by atoms with van der Waals surface area (Å²) in [4.78, 5) is 67.6. The Balaban J connectivity index is 1.88. The molecule has 0 radical (unpaired) electrons. The normalized spacial score (nSPS) is 31.8. The Morgan fingerprint density at radius 1 is 1.17 bits per heavy atom. The average molecular weight is 500 g/mol. The highest BCUT2D eigenvalue weighted by atomic mass is 16.3. The van der Waals surface area contributed by atoms with E-state index >= 15 is 0 Å². The van der Waals surface area contributed by atoms with Gasteiger partial charge in [-0.05, 0) is 56.8 Å². The number of phenols is 1. The molecule has 2 unspecified atom stereocenters. The zero-order valence-corrected chi connectivity index (χ0v) is 20.7. The van der Waals surface area contributed by atoms with Crippen LogP contribution >= 0.6 is 0 Å². The Labute approximate surface area is 209 Å². The number of benzene rings is 1. The molecule has 0 aliphatic heterocycles. The number of aromatic hydroxyl groups is 1. The summed E-state index contributed by atoms with van der Waals surface area (Å²) >= 11 is 0. The fourth-order valence-corrected chi connectivity index (χ4v) is 6.56. The maximum Gasteiger partial charge on any atom is 0.235 e. The van der Waals surface area contributed by atoms with Crippen LogP contribution in [0.15, 0.2) is 6.07 Å². The minimum Gasteiger partial charge on any atom is -0.507 e. The monoisotopic (exact) mass is 499 g/mol. The predicted molar refractivity (Wildman–Crippen MR) is 128 cm³/mol. The molecule has 10 heteroatoms. The molecular formula is C26H33N3O7. The van der Waals surface area contributed by atoms with Crippen molar-refractivity contribution in [3.05, 3.63) is 28.3 Å². The molecule has 0 aromatic heterocycles. The molecule has 194 valence electrons. The number of fused-ring (bicyclic) bond motifs is 3. The van der Waals surface area contributed by atoms with Gasteiger partial charge in [-0.2, -0.15) is 0 Å². The first-order chi connectivity index (χ1) is 16.9. The number of nitrogens with two attached hydrogens (primary N) is 2. The van der Waals surface area contributed by atoms with Gasteiger partial charge in [0, 0.05) is 18.0 Å². The first kappa shape index (κ1) is 26.1. The highest BCUT2D eigenvalue weighted by Gasteiger charge is 2.69. The van der Waals surface area contributed by atoms with Crippen molar-refractivity contribution in [2.45, 2.75) is 57.2 Å². The van der Waals surface area contributed by atoms with Gasteiger partial charge in [-0.15, -0.1) is 0 Å². The molecule has 36 heavy (non-hydrogen) atoms. The average Bonchev–Trinajstić information content (AvgIpc) is 2.80. The zero-order valence-electron chi connectivity index (χ0n) is 20.7. The molecule has 10 nitrogen and oxygen atoms in total.